The van der Waals surface area contributed by atoms with Crippen LogP contribution in [-0.2, 0) is 57.5 Å². The fourth-order valence-electron chi connectivity index (χ4n) is 6.65. The number of carbonyl (C=O) groups excluding carboxylic acids is 11. The molecule has 20 N–H and O–H groups in total. The Morgan fingerprint density at radius 3 is 1.29 bits per heavy atom. The predicted molar refractivity (Wildman–Crippen MR) is 289 cm³/mol. The van der Waals surface area contributed by atoms with Gasteiger partial charge >= 0.3 is 5.97 Å². The summed E-state index contributed by atoms with van der Waals surface area (Å²) in [5, 5.41) is 43.8. The summed E-state index contributed by atoms with van der Waals surface area (Å²) >= 11 is 4.07. The number of rotatable bonds is 41. The highest BCUT2D eigenvalue weighted by atomic mass is 32.2. The van der Waals surface area contributed by atoms with Gasteiger partial charge in [0.15, 0.2) is 0 Å². The third kappa shape index (κ3) is 29.7. The van der Waals surface area contributed by atoms with Gasteiger partial charge in [-0.2, -0.15) is 35.3 Å². The van der Waals surface area contributed by atoms with Crippen LogP contribution in [0.15, 0.2) is 0 Å². The summed E-state index contributed by atoms with van der Waals surface area (Å²) in [6.45, 7) is 3.16. The van der Waals surface area contributed by atoms with Crippen molar-refractivity contribution >= 4 is 106 Å². The smallest absolute Gasteiger partial charge is 0.325 e. The maximum Gasteiger partial charge on any atom is 0.325 e. The van der Waals surface area contributed by atoms with E-state index in [0.29, 0.717) is 49.5 Å². The van der Waals surface area contributed by atoms with Crippen LogP contribution in [0, 0.1) is 0 Å². The Bertz CT molecular complexity index is 1930. The number of hydrogen-bond acceptors (Lipinski definition) is 19. The van der Waals surface area contributed by atoms with E-state index >= 15 is 0 Å². The lowest BCUT2D eigenvalue weighted by molar-refractivity contribution is -0.141. The van der Waals surface area contributed by atoms with Crippen molar-refractivity contribution in [2.24, 2.45) is 22.9 Å². The van der Waals surface area contributed by atoms with Gasteiger partial charge in [0.05, 0.1) is 31.7 Å². The second-order valence-electron chi connectivity index (χ2n) is 17.6. The Morgan fingerprint density at radius 2 is 0.855 bits per heavy atom. The number of amides is 11. The number of nitrogens with one attached hydrogen (secondary N) is 10. The van der Waals surface area contributed by atoms with E-state index in [1.807, 2.05) is 0 Å². The molecule has 31 heteroatoms. The lowest BCUT2D eigenvalue weighted by atomic mass is 10.1. The molecule has 0 saturated heterocycles. The van der Waals surface area contributed by atoms with Crippen molar-refractivity contribution < 1.29 is 67.7 Å². The molecule has 11 amide bonds. The summed E-state index contributed by atoms with van der Waals surface area (Å²) in [5.74, 6) is -9.54. The van der Waals surface area contributed by atoms with E-state index in [9.17, 15) is 62.6 Å². The SMILES string of the molecule is CSCC[C@H](NC(=O)CNC(=O)[C@H](C)NC(=O)[C@H](CCSC)NC(=O)CNC(=O)[C@H](CCCCN)NC(=O)[C@H](CCSC)NC(=O)[C@H](CC(N)=O)NC(=O)[C@@H](NC(=O)[C@@H](N)CCCCN)[C@@H](C)O)C(=O)N[C@@H](C)C(=O)O. The number of carboxylic acids is 1. The molecule has 0 aliphatic rings. The molecule has 0 aromatic carbocycles. The average Bonchev–Trinajstić information content (AvgIpc) is 3.36. The molecule has 0 heterocycles. The number of unbranched alkanes of at least 4 members (excludes halogenated alkanes) is 2. The Morgan fingerprint density at radius 1 is 0.461 bits per heavy atom. The van der Waals surface area contributed by atoms with Gasteiger partial charge in [-0.05, 0) is 121 Å². The van der Waals surface area contributed by atoms with Crippen LogP contribution in [0.2, 0.25) is 0 Å². The van der Waals surface area contributed by atoms with E-state index in [-0.39, 0.29) is 38.6 Å². The molecule has 0 rings (SSSR count). The molecule has 0 aromatic rings. The van der Waals surface area contributed by atoms with Crippen molar-refractivity contribution in [3.05, 3.63) is 0 Å². The van der Waals surface area contributed by atoms with Crippen LogP contribution in [-0.4, -0.2) is 204 Å². The Hall–Kier alpha value is -5.47. The number of carboxylic acid groups (broad SMARTS) is 1. The minimum absolute atomic E-state index is 0.00492. The van der Waals surface area contributed by atoms with E-state index in [0.717, 1.165) is 0 Å². The van der Waals surface area contributed by atoms with Crippen molar-refractivity contribution in [3.8, 4) is 0 Å². The number of carbonyl (C=O) groups is 12. The molecule has 434 valence electrons. The molecule has 0 unspecified atom stereocenters. The van der Waals surface area contributed by atoms with Crippen molar-refractivity contribution in [1.29, 1.82) is 0 Å². The lowest BCUT2D eigenvalue weighted by Gasteiger charge is -2.27. The molecule has 0 saturated carbocycles. The van der Waals surface area contributed by atoms with E-state index < -0.39 is 151 Å². The van der Waals surface area contributed by atoms with Crippen molar-refractivity contribution in [1.82, 2.24) is 53.2 Å². The van der Waals surface area contributed by atoms with Crippen LogP contribution in [0.25, 0.3) is 0 Å². The highest BCUT2D eigenvalue weighted by Gasteiger charge is 2.35. The van der Waals surface area contributed by atoms with Gasteiger partial charge in [0.25, 0.3) is 0 Å². The first-order valence-electron chi connectivity index (χ1n) is 24.7. The zero-order valence-electron chi connectivity index (χ0n) is 44.1. The van der Waals surface area contributed by atoms with E-state index in [2.05, 4.69) is 53.2 Å². The zero-order chi connectivity index (χ0) is 57.9. The van der Waals surface area contributed by atoms with Crippen LogP contribution in [0.3, 0.4) is 0 Å². The second kappa shape index (κ2) is 39.8. The number of thioether (sulfide) groups is 3. The maximum atomic E-state index is 13.9. The Labute approximate surface area is 456 Å². The molecule has 10 atom stereocenters. The van der Waals surface area contributed by atoms with Gasteiger partial charge in [0, 0.05) is 0 Å². The summed E-state index contributed by atoms with van der Waals surface area (Å²) in [5.41, 5.74) is 22.5. The minimum atomic E-state index is -1.69. The number of nitrogens with two attached hydrogens (primary N) is 4. The van der Waals surface area contributed by atoms with Gasteiger partial charge in [-0.15, -0.1) is 0 Å². The van der Waals surface area contributed by atoms with Crippen molar-refractivity contribution in [2.75, 3.05) is 62.2 Å². The second-order valence-corrected chi connectivity index (χ2v) is 20.5. The van der Waals surface area contributed by atoms with Gasteiger partial charge in [-0.25, -0.2) is 0 Å². The summed E-state index contributed by atoms with van der Waals surface area (Å²) < 4.78 is 0. The molecule has 0 aliphatic carbocycles. The summed E-state index contributed by atoms with van der Waals surface area (Å²) in [6.07, 6.45) is 5.45. The fraction of sp³-hybridized carbons (Fsp3) is 0.733. The van der Waals surface area contributed by atoms with Crippen LogP contribution in [0.4, 0.5) is 0 Å². The largest absolute Gasteiger partial charge is 0.480 e. The number of aliphatic hydroxyl groups excluding tert-OH is 1. The highest BCUT2D eigenvalue weighted by Crippen LogP contribution is 2.09. The first kappa shape index (κ1) is 70.5. The van der Waals surface area contributed by atoms with E-state index in [1.54, 1.807) is 18.8 Å². The molecule has 76 heavy (non-hydrogen) atoms. The summed E-state index contributed by atoms with van der Waals surface area (Å²) in [4.78, 5) is 156. The van der Waals surface area contributed by atoms with Gasteiger partial charge in [-0.3, -0.25) is 57.5 Å². The standard InChI is InChI=1S/C45H82N14O14S3/c1-24(37(64)50-22-34(62)55-30(14-19-75-5)41(68)53-25(2)45(72)73)52-40(67)29(13-18-74-4)54-35(63)23-51-39(66)28(12-8-10-17-47)56-42(69)31(15-20-76-6)57-43(70)32(21-33(49)61)58-44(71)36(26(3)60)59-38(65)27(48)11-7-9-16-46/h24-32,36,60H,7-23,46-48H2,1-6H3,(H2,49,61)(H,50,64)(H,51,66)(H,52,67)(H,53,68)(H,54,63)(H,55,62)(H,56,69)(H,57,70)(H,58,71)(H,59,65)(H,72,73)/t24-,25-,26+,27-,28-,29-,30-,31-,32-,36-/m0/s1. The number of aliphatic carboxylic acids is 1. The Kier molecular flexibility index (Phi) is 37.0. The molecule has 0 aliphatic heterocycles. The predicted octanol–water partition coefficient (Wildman–Crippen LogP) is -5.68. The topological polar surface area (TPSA) is 470 Å². The van der Waals surface area contributed by atoms with Gasteiger partial charge < -0.3 is 86.3 Å². The highest BCUT2D eigenvalue weighted by molar-refractivity contribution is 7.98. The molecular weight excluding hydrogens is 1060 g/mol. The minimum Gasteiger partial charge on any atom is -0.480 e. The van der Waals surface area contributed by atoms with Crippen LogP contribution >= 0.6 is 35.3 Å². The third-order valence-corrected chi connectivity index (χ3v) is 13.0. The molecule has 28 nitrogen and oxygen atoms in total. The summed E-state index contributed by atoms with van der Waals surface area (Å²) in [6, 6.07) is -11.7. The van der Waals surface area contributed by atoms with Crippen LogP contribution < -0.4 is 76.1 Å². The normalized spacial score (nSPS) is 14.9. The molecule has 0 aromatic heterocycles. The van der Waals surface area contributed by atoms with E-state index in [1.165, 1.54) is 56.1 Å². The lowest BCUT2D eigenvalue weighted by Crippen LogP contribution is -2.61. The number of hydrogen-bond donors (Lipinski definition) is 16. The van der Waals surface area contributed by atoms with Crippen molar-refractivity contribution in [3.63, 3.8) is 0 Å². The van der Waals surface area contributed by atoms with Gasteiger partial charge in [0.2, 0.25) is 65.0 Å². The quantitative estimate of drug-likeness (QED) is 0.0254. The molecule has 0 bridgehead atoms. The van der Waals surface area contributed by atoms with Gasteiger partial charge in [-0.1, -0.05) is 6.42 Å². The molecular formula is C45H82N14O14S3. The first-order valence-corrected chi connectivity index (χ1v) is 28.8. The fourth-order valence-corrected chi connectivity index (χ4v) is 8.07. The summed E-state index contributed by atoms with van der Waals surface area (Å²) in [7, 11) is 0. The third-order valence-electron chi connectivity index (χ3n) is 11.1. The van der Waals surface area contributed by atoms with Gasteiger partial charge in [0.1, 0.15) is 48.3 Å². The zero-order valence-corrected chi connectivity index (χ0v) is 46.6. The van der Waals surface area contributed by atoms with E-state index in [4.69, 9.17) is 28.0 Å². The molecule has 0 fully saturated rings. The first-order chi connectivity index (χ1) is 35.9. The molecule has 0 radical (unpaired) electrons. The van der Waals surface area contributed by atoms with Crippen LogP contribution in [0.1, 0.15) is 85.0 Å². The number of aliphatic hydroxyl groups is 1. The van der Waals surface area contributed by atoms with Crippen molar-refractivity contribution in [2.45, 2.75) is 145 Å². The average molecular weight is 1140 g/mol. The Balaban J connectivity index is 5.98. The van der Waals surface area contributed by atoms with Crippen LogP contribution in [0.5, 0.6) is 0 Å². The monoisotopic (exact) mass is 1140 g/mol. The number of primary amides is 1. The molecule has 0 spiro atoms. The maximum absolute atomic E-state index is 13.9.